The Kier molecular flexibility index (Phi) is 36.1. The largest absolute Gasteiger partial charge is 0.469 e. The van der Waals surface area contributed by atoms with Crippen LogP contribution in [0.4, 0.5) is 0 Å². The number of phosphoric ester groups is 1. The van der Waals surface area contributed by atoms with Crippen molar-refractivity contribution >= 4 is 13.7 Å². The van der Waals surface area contributed by atoms with Gasteiger partial charge in [0.2, 0.25) is 5.91 Å². The number of carbonyl (C=O) groups is 1. The van der Waals surface area contributed by atoms with E-state index in [-0.39, 0.29) is 12.3 Å². The van der Waals surface area contributed by atoms with Crippen LogP contribution in [0.3, 0.4) is 0 Å². The first-order valence-electron chi connectivity index (χ1n) is 20.6. The normalized spacial score (nSPS) is 13.8. The van der Waals surface area contributed by atoms with Gasteiger partial charge in [-0.1, -0.05) is 184 Å². The van der Waals surface area contributed by atoms with Crippen molar-refractivity contribution in [2.45, 2.75) is 206 Å². The summed E-state index contributed by atoms with van der Waals surface area (Å²) in [5.74, 6) is -0.249. The first-order valence-corrected chi connectivity index (χ1v) is 22.1. The maximum Gasteiger partial charge on any atom is 0.469 e. The van der Waals surface area contributed by atoms with Crippen LogP contribution in [0.5, 0.6) is 0 Å². The lowest BCUT2D eigenvalue weighted by atomic mass is 10.0. The van der Waals surface area contributed by atoms with Gasteiger partial charge < -0.3 is 20.2 Å². The van der Waals surface area contributed by atoms with Gasteiger partial charge in [0.25, 0.3) is 0 Å². The highest BCUT2D eigenvalue weighted by molar-refractivity contribution is 7.46. The fourth-order valence-electron chi connectivity index (χ4n) is 5.93. The zero-order valence-electron chi connectivity index (χ0n) is 32.3. The molecule has 4 N–H and O–H groups in total. The fourth-order valence-corrected chi connectivity index (χ4v) is 6.28. The predicted octanol–water partition coefficient (Wildman–Crippen LogP) is 12.1. The first kappa shape index (κ1) is 48.5. The number of carbonyl (C=O) groups excluding carboxylic acids is 1. The Morgan fingerprint density at radius 3 is 1.40 bits per heavy atom. The highest BCUT2D eigenvalue weighted by Crippen LogP contribution is 2.36. The minimum atomic E-state index is -4.71. The van der Waals surface area contributed by atoms with Gasteiger partial charge in [-0.05, 0) is 51.4 Å². The number of unbranched alkanes of at least 4 members (excludes halogenated alkanes) is 20. The Hall–Kier alpha value is -1.50. The van der Waals surface area contributed by atoms with Gasteiger partial charge in [-0.3, -0.25) is 9.32 Å². The highest BCUT2D eigenvalue weighted by atomic mass is 31.2. The minimum Gasteiger partial charge on any atom is -0.391 e. The third kappa shape index (κ3) is 37.7. The van der Waals surface area contributed by atoms with E-state index in [9.17, 15) is 14.5 Å². The molecule has 0 heterocycles. The molecule has 2 atom stereocenters. The van der Waals surface area contributed by atoms with E-state index < -0.39 is 26.6 Å². The van der Waals surface area contributed by atoms with E-state index in [0.29, 0.717) is 12.8 Å². The van der Waals surface area contributed by atoms with Crippen molar-refractivity contribution in [1.29, 1.82) is 0 Å². The molecule has 1 amide bonds. The van der Waals surface area contributed by atoms with Crippen LogP contribution in [0.15, 0.2) is 48.6 Å². The molecule has 8 heteroatoms. The molecule has 0 aliphatic rings. The standard InChI is InChI=1S/C42H78NO6P/c1-3-5-7-9-11-13-15-17-18-19-20-21-22-23-24-26-28-30-32-34-36-38-42(45)43-40(39-49-50(46,47)48)41(44)37-35-33-31-29-27-25-16-14-12-10-8-6-4-2/h18-19,21-22,24,26,30,32,40-41,44H,3-17,20,23,25,27-29,31,33-39H2,1-2H3,(H,43,45)(H2,46,47,48)/b19-18+,22-21+,26-24+,32-30+/t40-,41+/m0/s1. The Balaban J connectivity index is 4.05. The van der Waals surface area contributed by atoms with E-state index in [1.807, 2.05) is 0 Å². The van der Waals surface area contributed by atoms with Gasteiger partial charge in [-0.15, -0.1) is 0 Å². The molecule has 292 valence electrons. The van der Waals surface area contributed by atoms with Crippen molar-refractivity contribution in [3.63, 3.8) is 0 Å². The van der Waals surface area contributed by atoms with E-state index in [1.54, 1.807) is 0 Å². The van der Waals surface area contributed by atoms with Crippen molar-refractivity contribution in [3.05, 3.63) is 48.6 Å². The van der Waals surface area contributed by atoms with Gasteiger partial charge in [-0.2, -0.15) is 0 Å². The fraction of sp³-hybridized carbons (Fsp3) is 0.786. The summed E-state index contributed by atoms with van der Waals surface area (Å²) in [6, 6.07) is -0.854. The molecule has 0 saturated carbocycles. The molecular formula is C42H78NO6P. The summed E-state index contributed by atoms with van der Waals surface area (Å²) in [5.41, 5.74) is 0. The van der Waals surface area contributed by atoms with Crippen LogP contribution in [0.1, 0.15) is 194 Å². The molecule has 0 radical (unpaired) electrons. The number of hydrogen-bond donors (Lipinski definition) is 4. The molecular weight excluding hydrogens is 645 g/mol. The smallest absolute Gasteiger partial charge is 0.391 e. The van der Waals surface area contributed by atoms with Crippen LogP contribution in [-0.2, 0) is 13.9 Å². The lowest BCUT2D eigenvalue weighted by Crippen LogP contribution is -2.46. The molecule has 0 bridgehead atoms. The van der Waals surface area contributed by atoms with Crippen molar-refractivity contribution in [3.8, 4) is 0 Å². The van der Waals surface area contributed by atoms with Crippen LogP contribution in [0, 0.1) is 0 Å². The second-order valence-corrected chi connectivity index (χ2v) is 15.2. The van der Waals surface area contributed by atoms with Crippen LogP contribution in [-0.4, -0.2) is 39.6 Å². The first-order chi connectivity index (χ1) is 24.3. The van der Waals surface area contributed by atoms with Gasteiger partial charge in [0, 0.05) is 6.42 Å². The molecule has 0 spiro atoms. The van der Waals surface area contributed by atoms with Crippen LogP contribution in [0.2, 0.25) is 0 Å². The third-order valence-corrected chi connectivity index (χ3v) is 9.55. The monoisotopic (exact) mass is 724 g/mol. The summed E-state index contributed by atoms with van der Waals surface area (Å²) in [5, 5.41) is 13.5. The summed E-state index contributed by atoms with van der Waals surface area (Å²) >= 11 is 0. The number of phosphoric acid groups is 1. The molecule has 0 fully saturated rings. The van der Waals surface area contributed by atoms with Gasteiger partial charge in [0.15, 0.2) is 0 Å². The van der Waals surface area contributed by atoms with E-state index in [4.69, 9.17) is 9.79 Å². The predicted molar refractivity (Wildman–Crippen MR) is 213 cm³/mol. The van der Waals surface area contributed by atoms with Crippen molar-refractivity contribution in [2.75, 3.05) is 6.61 Å². The maximum atomic E-state index is 12.6. The third-order valence-electron chi connectivity index (χ3n) is 9.07. The summed E-state index contributed by atoms with van der Waals surface area (Å²) in [6.07, 6.45) is 48.2. The van der Waals surface area contributed by atoms with E-state index in [2.05, 4.69) is 72.3 Å². The molecule has 7 nitrogen and oxygen atoms in total. The zero-order chi connectivity index (χ0) is 36.8. The number of nitrogens with one attached hydrogen (secondary N) is 1. The lowest BCUT2D eigenvalue weighted by molar-refractivity contribution is -0.123. The second kappa shape index (κ2) is 37.3. The number of allylic oxidation sites excluding steroid dienone is 8. The zero-order valence-corrected chi connectivity index (χ0v) is 33.2. The van der Waals surface area contributed by atoms with Crippen molar-refractivity contribution in [2.24, 2.45) is 0 Å². The summed E-state index contributed by atoms with van der Waals surface area (Å²) in [4.78, 5) is 30.8. The van der Waals surface area contributed by atoms with Crippen molar-refractivity contribution in [1.82, 2.24) is 5.32 Å². The van der Waals surface area contributed by atoms with E-state index >= 15 is 0 Å². The maximum absolute atomic E-state index is 12.6. The summed E-state index contributed by atoms with van der Waals surface area (Å²) in [6.45, 7) is 4.08. The van der Waals surface area contributed by atoms with Gasteiger partial charge in [0.1, 0.15) is 0 Å². The van der Waals surface area contributed by atoms with E-state index in [1.165, 1.54) is 116 Å². The molecule has 0 aliphatic carbocycles. The average molecular weight is 724 g/mol. The van der Waals surface area contributed by atoms with Crippen molar-refractivity contribution < 1.29 is 28.8 Å². The molecule has 0 unspecified atom stereocenters. The molecule has 0 saturated heterocycles. The Bertz CT molecular complexity index is 912. The number of amides is 1. The Morgan fingerprint density at radius 2 is 0.960 bits per heavy atom. The van der Waals surface area contributed by atoms with Gasteiger partial charge in [0.05, 0.1) is 18.8 Å². The summed E-state index contributed by atoms with van der Waals surface area (Å²) < 4.78 is 15.9. The Morgan fingerprint density at radius 1 is 0.580 bits per heavy atom. The SMILES string of the molecule is CCCCCCCCC/C=C/C/C=C/C/C=C/C/C=C/CCCC(=O)N[C@@H](COP(=O)(O)O)[C@H](O)CCCCCCCCCCCCCCC. The van der Waals surface area contributed by atoms with Crippen LogP contribution >= 0.6 is 7.82 Å². The quantitative estimate of drug-likeness (QED) is 0.0288. The van der Waals surface area contributed by atoms with Crippen LogP contribution in [0.25, 0.3) is 0 Å². The molecule has 0 aromatic heterocycles. The van der Waals surface area contributed by atoms with Gasteiger partial charge in [-0.25, -0.2) is 4.57 Å². The number of hydrogen-bond acceptors (Lipinski definition) is 4. The molecule has 0 aromatic carbocycles. The summed E-state index contributed by atoms with van der Waals surface area (Å²) in [7, 11) is -4.71. The van der Waals surface area contributed by atoms with Gasteiger partial charge >= 0.3 is 7.82 Å². The highest BCUT2D eigenvalue weighted by Gasteiger charge is 2.25. The topological polar surface area (TPSA) is 116 Å². The minimum absolute atomic E-state index is 0.249. The Labute approximate surface area is 308 Å². The lowest BCUT2D eigenvalue weighted by Gasteiger charge is -2.24. The number of rotatable bonds is 37. The molecule has 0 aliphatic heterocycles. The molecule has 0 rings (SSSR count). The second-order valence-electron chi connectivity index (χ2n) is 14.0. The van der Waals surface area contributed by atoms with Crippen LogP contribution < -0.4 is 5.32 Å². The average Bonchev–Trinajstić information content (AvgIpc) is 3.08. The molecule has 50 heavy (non-hydrogen) atoms. The number of aliphatic hydroxyl groups excluding tert-OH is 1. The number of aliphatic hydroxyl groups is 1. The van der Waals surface area contributed by atoms with E-state index in [0.717, 1.165) is 44.9 Å². The molecule has 0 aromatic rings.